The summed E-state index contributed by atoms with van der Waals surface area (Å²) in [5.74, 6) is -26.3. The number of methoxy groups -OCH3 is 1. The van der Waals surface area contributed by atoms with Crippen molar-refractivity contribution in [1.29, 1.82) is 0 Å². The summed E-state index contributed by atoms with van der Waals surface area (Å²) in [7, 11) is 1.39. The number of esters is 1. The van der Waals surface area contributed by atoms with E-state index in [0.29, 0.717) is 16.9 Å². The number of likely N-dealkylation sites (tertiary alicyclic amines) is 1. The molecule has 1 fully saturated rings. The third kappa shape index (κ3) is 3.64. The quantitative estimate of drug-likeness (QED) is 0.194. The van der Waals surface area contributed by atoms with Gasteiger partial charge in [0.15, 0.2) is 0 Å². The van der Waals surface area contributed by atoms with Gasteiger partial charge >= 0.3 is 41.9 Å². The van der Waals surface area contributed by atoms with Crippen LogP contribution in [0.15, 0.2) is 48.5 Å². The zero-order chi connectivity index (χ0) is 27.5. The molecule has 1 heterocycles. The molecule has 0 saturated carbocycles. The number of hydrogen-bond donors (Lipinski definition) is 0. The molecule has 2 aromatic carbocycles. The molecule has 0 amide bonds. The lowest BCUT2D eigenvalue weighted by atomic mass is 9.93. The van der Waals surface area contributed by atoms with Crippen LogP contribution in [0.2, 0.25) is 0 Å². The van der Waals surface area contributed by atoms with Crippen molar-refractivity contribution >= 4 is 5.97 Å². The second-order valence-corrected chi connectivity index (χ2v) is 7.32. The predicted octanol–water partition coefficient (Wildman–Crippen LogP) is 6.27. The number of carbonyl (C=O) groups is 1. The highest BCUT2D eigenvalue weighted by atomic mass is 19.4. The first-order chi connectivity index (χ1) is 16.3. The molecular weight excluding hydrogens is 530 g/mol. The van der Waals surface area contributed by atoms with E-state index >= 15 is 0 Å². The Kier molecular flexibility index (Phi) is 6.23. The van der Waals surface area contributed by atoms with Crippen LogP contribution in [0.5, 0.6) is 11.5 Å². The number of hydrogen-bond acceptors (Lipinski definition) is 4. The van der Waals surface area contributed by atoms with Gasteiger partial charge in [-0.05, 0) is 35.4 Å². The van der Waals surface area contributed by atoms with E-state index in [-0.39, 0.29) is 0 Å². The van der Waals surface area contributed by atoms with Crippen LogP contribution in [0.1, 0.15) is 0 Å². The van der Waals surface area contributed by atoms with Crippen LogP contribution < -0.4 is 9.47 Å². The molecule has 0 spiro atoms. The van der Waals surface area contributed by atoms with Crippen molar-refractivity contribution in [2.45, 2.75) is 35.9 Å². The van der Waals surface area contributed by atoms with E-state index in [9.17, 15) is 57.5 Å². The van der Waals surface area contributed by atoms with Gasteiger partial charge < -0.3 is 9.47 Å². The molecule has 1 saturated heterocycles. The van der Waals surface area contributed by atoms with E-state index in [1.807, 2.05) is 0 Å². The zero-order valence-corrected chi connectivity index (χ0v) is 17.3. The van der Waals surface area contributed by atoms with Crippen LogP contribution in [-0.4, -0.2) is 53.9 Å². The van der Waals surface area contributed by atoms with Crippen LogP contribution in [-0.2, 0) is 4.79 Å². The van der Waals surface area contributed by atoms with Gasteiger partial charge in [-0.1, -0.05) is 29.2 Å². The molecule has 16 heteroatoms. The fourth-order valence-corrected chi connectivity index (χ4v) is 3.14. The maximum absolute atomic E-state index is 14.3. The highest BCUT2D eigenvalue weighted by Crippen LogP contribution is 2.66. The maximum Gasteiger partial charge on any atom is 0.411 e. The van der Waals surface area contributed by atoms with Gasteiger partial charge in [0.2, 0.25) is 0 Å². The van der Waals surface area contributed by atoms with Gasteiger partial charge in [-0.15, -0.1) is 0 Å². The molecule has 0 atom stereocenters. The van der Waals surface area contributed by atoms with Gasteiger partial charge in [-0.3, -0.25) is 0 Å². The Hall–Kier alpha value is -3.17. The Balaban J connectivity index is 1.93. The lowest BCUT2D eigenvalue weighted by molar-refractivity contribution is -0.530. The van der Waals surface area contributed by atoms with E-state index in [1.54, 1.807) is 0 Å². The lowest BCUT2D eigenvalue weighted by Crippen LogP contribution is -2.85. The average molecular weight is 541 g/mol. The van der Waals surface area contributed by atoms with Gasteiger partial charge in [0, 0.05) is 0 Å². The minimum absolute atomic E-state index is 0.347. The first-order valence-electron chi connectivity index (χ1n) is 9.31. The predicted molar refractivity (Wildman–Crippen MR) is 95.6 cm³/mol. The molecule has 1 aliphatic rings. The normalized spacial score (nSPS) is 22.0. The molecular formula is C20H11F12NO3. The minimum atomic E-state index is -7.49. The Labute approximate surface area is 193 Å². The summed E-state index contributed by atoms with van der Waals surface area (Å²) in [5.41, 5.74) is 0.844. The van der Waals surface area contributed by atoms with Gasteiger partial charge in [0.1, 0.15) is 11.5 Å². The summed E-state index contributed by atoms with van der Waals surface area (Å²) in [6, 6.07) is -11.5. The SMILES string of the molecule is COc1ccc(-c2ccc(OC(=O)C(F)(F)N3C(F)(F)C(F)(F)C(F)(F)C(F)(F)C3(F)F)cc2)cc1. The van der Waals surface area contributed by atoms with Gasteiger partial charge in [0.25, 0.3) is 0 Å². The molecule has 2 aromatic rings. The number of halogens is 12. The summed E-state index contributed by atoms with van der Waals surface area (Å²) in [5, 5.41) is 0. The summed E-state index contributed by atoms with van der Waals surface area (Å²) in [6.07, 6.45) is 0. The van der Waals surface area contributed by atoms with Crippen molar-refractivity contribution in [2.75, 3.05) is 7.11 Å². The highest BCUT2D eigenvalue weighted by molar-refractivity contribution is 5.80. The Morgan fingerprint density at radius 3 is 1.39 bits per heavy atom. The van der Waals surface area contributed by atoms with Gasteiger partial charge in [-0.25, -0.2) is 4.79 Å². The summed E-state index contributed by atoms with van der Waals surface area (Å²) in [6.45, 7) is 0. The number of benzene rings is 2. The fraction of sp³-hybridized carbons (Fsp3) is 0.350. The van der Waals surface area contributed by atoms with Crippen LogP contribution in [0.4, 0.5) is 52.7 Å². The largest absolute Gasteiger partial charge is 0.497 e. The molecule has 198 valence electrons. The average Bonchev–Trinajstić information content (AvgIpc) is 2.78. The minimum Gasteiger partial charge on any atom is -0.497 e. The molecule has 0 aliphatic carbocycles. The molecule has 0 aromatic heterocycles. The lowest BCUT2D eigenvalue weighted by Gasteiger charge is -2.52. The topological polar surface area (TPSA) is 38.8 Å². The van der Waals surface area contributed by atoms with Crippen LogP contribution in [0.3, 0.4) is 0 Å². The Morgan fingerprint density at radius 1 is 0.667 bits per heavy atom. The molecule has 0 N–H and O–H groups in total. The van der Waals surface area contributed by atoms with Crippen molar-refractivity contribution in [2.24, 2.45) is 0 Å². The second kappa shape index (κ2) is 8.18. The van der Waals surface area contributed by atoms with Crippen molar-refractivity contribution < 1.29 is 67.0 Å². The third-order valence-corrected chi connectivity index (χ3v) is 5.12. The smallest absolute Gasteiger partial charge is 0.411 e. The highest BCUT2D eigenvalue weighted by Gasteiger charge is 2.98. The molecule has 0 bridgehead atoms. The monoisotopic (exact) mass is 541 g/mol. The number of piperidine rings is 1. The standard InChI is InChI=1S/C20H11F12NO3/c1-35-12-6-2-10(3-7-12)11-4-8-13(9-5-11)36-14(34)15(21,22)33-19(29,30)17(25,26)16(23,24)18(27,28)20(33,31)32/h2-9H,1H3. The molecule has 3 rings (SSSR count). The van der Waals surface area contributed by atoms with Gasteiger partial charge in [-0.2, -0.15) is 52.7 Å². The van der Waals surface area contributed by atoms with E-state index in [4.69, 9.17) is 4.74 Å². The van der Waals surface area contributed by atoms with Gasteiger partial charge in [0.05, 0.1) is 7.11 Å². The van der Waals surface area contributed by atoms with Crippen molar-refractivity contribution in [3.63, 3.8) is 0 Å². The van der Waals surface area contributed by atoms with Crippen molar-refractivity contribution in [3.8, 4) is 22.6 Å². The van der Waals surface area contributed by atoms with E-state index in [1.165, 1.54) is 31.4 Å². The summed E-state index contributed by atoms with van der Waals surface area (Å²) in [4.78, 5) is 8.19. The Morgan fingerprint density at radius 2 is 1.03 bits per heavy atom. The number of alkyl halides is 12. The summed E-state index contributed by atoms with van der Waals surface area (Å²) >= 11 is 0. The zero-order valence-electron chi connectivity index (χ0n) is 17.3. The maximum atomic E-state index is 14.3. The van der Waals surface area contributed by atoms with Crippen molar-refractivity contribution in [1.82, 2.24) is 4.90 Å². The Bertz CT molecular complexity index is 1100. The van der Waals surface area contributed by atoms with E-state index < -0.39 is 52.5 Å². The van der Waals surface area contributed by atoms with Crippen molar-refractivity contribution in [3.05, 3.63) is 48.5 Å². The third-order valence-electron chi connectivity index (χ3n) is 5.12. The second-order valence-electron chi connectivity index (χ2n) is 7.32. The summed E-state index contributed by atoms with van der Waals surface area (Å²) < 4.78 is 173. The molecule has 1 aliphatic heterocycles. The molecule has 0 unspecified atom stereocenters. The molecule has 0 radical (unpaired) electrons. The van der Waals surface area contributed by atoms with E-state index in [2.05, 4.69) is 4.74 Å². The number of ether oxygens (including phenoxy) is 2. The van der Waals surface area contributed by atoms with E-state index in [0.717, 1.165) is 24.3 Å². The first kappa shape index (κ1) is 27.4. The van der Waals surface area contributed by atoms with Crippen LogP contribution in [0, 0.1) is 0 Å². The number of rotatable bonds is 5. The number of carbonyl (C=O) groups excluding carboxylic acids is 1. The molecule has 36 heavy (non-hydrogen) atoms. The van der Waals surface area contributed by atoms with Crippen LogP contribution >= 0.6 is 0 Å². The van der Waals surface area contributed by atoms with Crippen LogP contribution in [0.25, 0.3) is 11.1 Å². The first-order valence-corrected chi connectivity index (χ1v) is 9.31. The fourth-order valence-electron chi connectivity index (χ4n) is 3.14. The molecule has 4 nitrogen and oxygen atoms in total. The number of nitrogens with zero attached hydrogens (tertiary/aromatic N) is 1.